The third-order valence-electron chi connectivity index (χ3n) is 6.65. The van der Waals surface area contributed by atoms with Gasteiger partial charge in [-0.05, 0) is 49.2 Å². The minimum absolute atomic E-state index is 0.0708. The van der Waals surface area contributed by atoms with E-state index >= 15 is 0 Å². The van der Waals surface area contributed by atoms with E-state index in [9.17, 15) is 18.4 Å². The summed E-state index contributed by atoms with van der Waals surface area (Å²) in [6, 6.07) is 16.5. The third-order valence-corrected chi connectivity index (χ3v) is 6.65. The normalized spacial score (nSPS) is 17.8. The highest BCUT2D eigenvalue weighted by Gasteiger charge is 2.45. The summed E-state index contributed by atoms with van der Waals surface area (Å²) in [5.41, 5.74) is 1.79. The molecule has 1 atom stereocenters. The first kappa shape index (κ1) is 23.0. The zero-order valence-electron chi connectivity index (χ0n) is 19.2. The van der Waals surface area contributed by atoms with Crippen molar-refractivity contribution in [1.29, 1.82) is 0 Å². The number of amides is 2. The summed E-state index contributed by atoms with van der Waals surface area (Å²) in [7, 11) is 0. The summed E-state index contributed by atoms with van der Waals surface area (Å²) < 4.78 is 27.7. The average Bonchev–Trinajstić information content (AvgIpc) is 3.15. The van der Waals surface area contributed by atoms with Gasteiger partial charge in [0.25, 0.3) is 5.91 Å². The number of carbonyl (C=O) groups excluding carboxylic acids is 2. The maximum absolute atomic E-state index is 14.2. The number of carbonyl (C=O) groups is 2. The van der Waals surface area contributed by atoms with Gasteiger partial charge in [-0.15, -0.1) is 0 Å². The molecule has 2 aromatic carbocycles. The van der Waals surface area contributed by atoms with E-state index in [0.29, 0.717) is 5.56 Å². The first-order valence-electron chi connectivity index (χ1n) is 11.9. The number of pyridine rings is 1. The molecule has 8 heteroatoms. The Morgan fingerprint density at radius 3 is 2.54 bits per heavy atom. The standard InChI is InChI=1S/C27H26F2N4O2/c28-18-8-6-11-20(16-18)33(25(34)17-30-24-15-7-14-23(29)31-24)26-21-12-4-5-13-22(21)32(27(26)35)19-9-2-1-3-10-19/h4-8,11-16,19,26H,1-3,9-10,17H2,(H,30,31). The molecule has 180 valence electrons. The van der Waals surface area contributed by atoms with Crippen LogP contribution in [0.5, 0.6) is 0 Å². The molecule has 1 aliphatic carbocycles. The van der Waals surface area contributed by atoms with Crippen LogP contribution < -0.4 is 15.1 Å². The number of para-hydroxylation sites is 1. The molecule has 2 amide bonds. The SMILES string of the molecule is O=C1C(N(C(=O)CNc2cccc(F)n2)c2cccc(F)c2)c2ccccc2N1C1CCCCC1. The predicted molar refractivity (Wildman–Crippen MR) is 130 cm³/mol. The van der Waals surface area contributed by atoms with Crippen molar-refractivity contribution in [1.82, 2.24) is 4.98 Å². The van der Waals surface area contributed by atoms with Crippen molar-refractivity contribution in [2.75, 3.05) is 21.7 Å². The molecule has 6 nitrogen and oxygen atoms in total. The van der Waals surface area contributed by atoms with Crippen LogP contribution >= 0.6 is 0 Å². The number of halogens is 2. The van der Waals surface area contributed by atoms with Crippen LogP contribution in [0.3, 0.4) is 0 Å². The highest BCUT2D eigenvalue weighted by atomic mass is 19.1. The van der Waals surface area contributed by atoms with Gasteiger partial charge in [-0.1, -0.05) is 49.6 Å². The summed E-state index contributed by atoms with van der Waals surface area (Å²) in [5, 5.41) is 2.83. The van der Waals surface area contributed by atoms with E-state index in [1.165, 1.54) is 35.2 Å². The fraction of sp³-hybridized carbons (Fsp3) is 0.296. The largest absolute Gasteiger partial charge is 0.361 e. The molecule has 35 heavy (non-hydrogen) atoms. The fourth-order valence-corrected chi connectivity index (χ4v) is 5.11. The Morgan fingerprint density at radius 2 is 1.77 bits per heavy atom. The lowest BCUT2D eigenvalue weighted by molar-refractivity contribution is -0.124. The van der Waals surface area contributed by atoms with Crippen LogP contribution in [0.25, 0.3) is 0 Å². The topological polar surface area (TPSA) is 65.5 Å². The summed E-state index contributed by atoms with van der Waals surface area (Å²) in [6.45, 7) is -0.248. The van der Waals surface area contributed by atoms with Crippen molar-refractivity contribution in [2.24, 2.45) is 0 Å². The molecule has 0 spiro atoms. The number of aromatic nitrogens is 1. The Hall–Kier alpha value is -3.81. The smallest absolute Gasteiger partial charge is 0.255 e. The molecule has 2 aliphatic rings. The molecule has 0 radical (unpaired) electrons. The predicted octanol–water partition coefficient (Wildman–Crippen LogP) is 5.23. The number of fused-ring (bicyclic) bond motifs is 1. The van der Waals surface area contributed by atoms with E-state index < -0.39 is 23.7 Å². The van der Waals surface area contributed by atoms with E-state index in [2.05, 4.69) is 10.3 Å². The number of anilines is 3. The van der Waals surface area contributed by atoms with Crippen molar-refractivity contribution < 1.29 is 18.4 Å². The van der Waals surface area contributed by atoms with Gasteiger partial charge in [0, 0.05) is 23.0 Å². The van der Waals surface area contributed by atoms with Crippen molar-refractivity contribution in [3.05, 3.63) is 84.1 Å². The lowest BCUT2D eigenvalue weighted by Gasteiger charge is -2.33. The highest BCUT2D eigenvalue weighted by Crippen LogP contribution is 2.44. The molecular weight excluding hydrogens is 450 g/mol. The summed E-state index contributed by atoms with van der Waals surface area (Å²) in [6.07, 6.45) is 5.08. The number of hydrogen-bond acceptors (Lipinski definition) is 4. The van der Waals surface area contributed by atoms with E-state index in [1.54, 1.807) is 12.1 Å². The van der Waals surface area contributed by atoms with Gasteiger partial charge in [-0.3, -0.25) is 14.5 Å². The zero-order chi connectivity index (χ0) is 24.4. The molecule has 1 fully saturated rings. The monoisotopic (exact) mass is 476 g/mol. The molecular formula is C27H26F2N4O2. The first-order valence-corrected chi connectivity index (χ1v) is 11.9. The van der Waals surface area contributed by atoms with Gasteiger partial charge in [-0.25, -0.2) is 9.37 Å². The lowest BCUT2D eigenvalue weighted by Crippen LogP contribution is -2.46. The quantitative estimate of drug-likeness (QED) is 0.495. The van der Waals surface area contributed by atoms with Crippen LogP contribution in [0.15, 0.2) is 66.7 Å². The van der Waals surface area contributed by atoms with Gasteiger partial charge in [0.2, 0.25) is 11.9 Å². The van der Waals surface area contributed by atoms with E-state index in [1.807, 2.05) is 29.2 Å². The van der Waals surface area contributed by atoms with Crippen LogP contribution in [0.2, 0.25) is 0 Å². The van der Waals surface area contributed by atoms with E-state index in [4.69, 9.17) is 0 Å². The molecule has 1 N–H and O–H groups in total. The van der Waals surface area contributed by atoms with Crippen molar-refractivity contribution >= 4 is 29.0 Å². The minimum atomic E-state index is -0.926. The van der Waals surface area contributed by atoms with Crippen LogP contribution in [0.4, 0.5) is 26.0 Å². The Bertz CT molecular complexity index is 1250. The van der Waals surface area contributed by atoms with Crippen LogP contribution in [-0.4, -0.2) is 29.4 Å². The van der Waals surface area contributed by atoms with Gasteiger partial charge < -0.3 is 10.2 Å². The number of hydrogen-bond donors (Lipinski definition) is 1. The number of benzene rings is 2. The molecule has 0 saturated heterocycles. The Morgan fingerprint density at radius 1 is 1.00 bits per heavy atom. The highest BCUT2D eigenvalue weighted by molar-refractivity contribution is 6.12. The molecule has 5 rings (SSSR count). The summed E-state index contributed by atoms with van der Waals surface area (Å²) >= 11 is 0. The van der Waals surface area contributed by atoms with Gasteiger partial charge in [0.1, 0.15) is 17.7 Å². The second kappa shape index (κ2) is 9.82. The van der Waals surface area contributed by atoms with E-state index in [0.717, 1.165) is 37.8 Å². The maximum Gasteiger partial charge on any atom is 0.255 e. The van der Waals surface area contributed by atoms with Crippen molar-refractivity contribution in [2.45, 2.75) is 44.2 Å². The van der Waals surface area contributed by atoms with Gasteiger partial charge in [-0.2, -0.15) is 4.39 Å². The molecule has 1 aliphatic heterocycles. The van der Waals surface area contributed by atoms with Crippen molar-refractivity contribution in [3.8, 4) is 0 Å². The number of nitrogens with zero attached hydrogens (tertiary/aromatic N) is 3. The second-order valence-corrected chi connectivity index (χ2v) is 8.90. The fourth-order valence-electron chi connectivity index (χ4n) is 5.11. The van der Waals surface area contributed by atoms with Crippen LogP contribution in [-0.2, 0) is 9.59 Å². The average molecular weight is 477 g/mol. The third kappa shape index (κ3) is 4.60. The van der Waals surface area contributed by atoms with Gasteiger partial charge >= 0.3 is 0 Å². The molecule has 1 saturated carbocycles. The first-order chi connectivity index (χ1) is 17.0. The zero-order valence-corrected chi connectivity index (χ0v) is 19.2. The molecule has 1 unspecified atom stereocenters. The van der Waals surface area contributed by atoms with Gasteiger partial charge in [0.05, 0.1) is 6.54 Å². The number of rotatable bonds is 6. The Labute approximate surface area is 202 Å². The number of nitrogens with one attached hydrogen (secondary N) is 1. The molecule has 3 aromatic rings. The molecule has 0 bridgehead atoms. The Kier molecular flexibility index (Phi) is 6.44. The van der Waals surface area contributed by atoms with Crippen LogP contribution in [0, 0.1) is 11.8 Å². The maximum atomic E-state index is 14.2. The molecule has 1 aromatic heterocycles. The van der Waals surface area contributed by atoms with Gasteiger partial charge in [0.15, 0.2) is 0 Å². The Balaban J connectivity index is 1.51. The lowest BCUT2D eigenvalue weighted by atomic mass is 9.94. The molecule has 2 heterocycles. The summed E-state index contributed by atoms with van der Waals surface area (Å²) in [4.78, 5) is 34.4. The second-order valence-electron chi connectivity index (χ2n) is 8.90. The van der Waals surface area contributed by atoms with Crippen LogP contribution in [0.1, 0.15) is 43.7 Å². The minimum Gasteiger partial charge on any atom is -0.361 e. The van der Waals surface area contributed by atoms with E-state index in [-0.39, 0.29) is 30.0 Å². The summed E-state index contributed by atoms with van der Waals surface area (Å²) in [5.74, 6) is -1.64. The van der Waals surface area contributed by atoms with Crippen molar-refractivity contribution in [3.63, 3.8) is 0 Å².